The summed E-state index contributed by atoms with van der Waals surface area (Å²) in [6.07, 6.45) is 6.35. The van der Waals surface area contributed by atoms with Crippen molar-refractivity contribution in [3.63, 3.8) is 0 Å². The molecule has 2 aromatic rings. The Morgan fingerprint density at radius 1 is 1.15 bits per heavy atom. The Morgan fingerprint density at radius 2 is 1.85 bits per heavy atom. The number of aromatic nitrogens is 1. The molecule has 5 heteroatoms. The molecule has 2 rings (SSSR count). The van der Waals surface area contributed by atoms with Crippen molar-refractivity contribution in [1.82, 2.24) is 0 Å². The van der Waals surface area contributed by atoms with Gasteiger partial charge in [0.25, 0.3) is 0 Å². The third-order valence-corrected chi connectivity index (χ3v) is 2.46. The molecule has 0 saturated carbocycles. The van der Waals surface area contributed by atoms with Gasteiger partial charge in [-0.1, -0.05) is 35.5 Å². The van der Waals surface area contributed by atoms with Crippen LogP contribution in [-0.4, -0.2) is 11.8 Å². The number of hydrogen-bond acceptors (Lipinski definition) is 3. The van der Waals surface area contributed by atoms with E-state index in [1.807, 2.05) is 30.3 Å². The molecule has 0 amide bonds. The quantitative estimate of drug-likeness (QED) is 0.299. The van der Waals surface area contributed by atoms with Gasteiger partial charge in [-0.05, 0) is 11.6 Å². The molecule has 1 aromatic carbocycles. The largest absolute Gasteiger partial charge is 0.380 e. The van der Waals surface area contributed by atoms with Crippen LogP contribution >= 0.6 is 0 Å². The van der Waals surface area contributed by atoms with E-state index in [4.69, 9.17) is 10.6 Å². The number of carbonyl (C=O) groups excluding carboxylic acids is 1. The molecule has 1 aromatic heterocycles. The zero-order chi connectivity index (χ0) is 14.2. The van der Waals surface area contributed by atoms with Gasteiger partial charge in [-0.2, -0.15) is 0 Å². The predicted octanol–water partition coefficient (Wildman–Crippen LogP) is 1.38. The monoisotopic (exact) mass is 268 g/mol. The lowest BCUT2D eigenvalue weighted by Gasteiger charge is -1.97. The maximum Gasteiger partial charge on any atom is 0.358 e. The molecule has 3 N–H and O–H groups in total. The molecule has 5 nitrogen and oxygen atoms in total. The number of nitrogens with one attached hydrogen (secondary N) is 1. The molecule has 0 bridgehead atoms. The fraction of sp³-hybridized carbons (Fsp3) is 0. The number of nitrogens with two attached hydrogens (primary N) is 1. The number of benzene rings is 1. The summed E-state index contributed by atoms with van der Waals surface area (Å²) in [7, 11) is 0. The Labute approximate surface area is 116 Å². The summed E-state index contributed by atoms with van der Waals surface area (Å²) in [6.45, 7) is 0. The third kappa shape index (κ3) is 4.06. The minimum atomic E-state index is -0.584. The highest BCUT2D eigenvalue weighted by molar-refractivity contribution is 5.97. The molecule has 0 aliphatic heterocycles. The van der Waals surface area contributed by atoms with Crippen molar-refractivity contribution in [2.24, 2.45) is 10.9 Å². The van der Waals surface area contributed by atoms with Gasteiger partial charge in [0.1, 0.15) is 0 Å². The average Bonchev–Trinajstić information content (AvgIpc) is 2.52. The van der Waals surface area contributed by atoms with Crippen molar-refractivity contribution in [2.45, 2.75) is 0 Å². The molecule has 0 aliphatic carbocycles. The van der Waals surface area contributed by atoms with Crippen molar-refractivity contribution in [3.05, 3.63) is 72.1 Å². The number of H-pyrrole nitrogens is 1. The van der Waals surface area contributed by atoms with Crippen LogP contribution in [0.2, 0.25) is 0 Å². The van der Waals surface area contributed by atoms with E-state index in [0.29, 0.717) is 5.56 Å². The number of amidine groups is 1. The van der Waals surface area contributed by atoms with Crippen LogP contribution in [0.3, 0.4) is 0 Å². The molecule has 100 valence electrons. The Balaban J connectivity index is 1.94. The number of carbonyl (C=O) groups is 1. The van der Waals surface area contributed by atoms with Gasteiger partial charge in [-0.15, -0.1) is 0 Å². The van der Waals surface area contributed by atoms with Crippen LogP contribution in [0, 0.1) is 0 Å². The van der Waals surface area contributed by atoms with Gasteiger partial charge < -0.3 is 10.6 Å². The number of oxime groups is 1. The molecular formula is C15H14N3O2+. The van der Waals surface area contributed by atoms with Crippen LogP contribution in [0.25, 0.3) is 6.08 Å². The first-order chi connectivity index (χ1) is 9.75. The molecule has 0 spiro atoms. The van der Waals surface area contributed by atoms with Gasteiger partial charge >= 0.3 is 5.97 Å². The minimum Gasteiger partial charge on any atom is -0.380 e. The average molecular weight is 268 g/mol. The highest BCUT2D eigenvalue weighted by Gasteiger charge is 2.01. The SMILES string of the molecule is NC(=NOC(=O)C=Cc1ccccc1)c1cc[nH+]cc1. The van der Waals surface area contributed by atoms with E-state index < -0.39 is 5.97 Å². The predicted molar refractivity (Wildman–Crippen MR) is 75.3 cm³/mol. The van der Waals surface area contributed by atoms with Crippen molar-refractivity contribution >= 4 is 17.9 Å². The van der Waals surface area contributed by atoms with E-state index in [-0.39, 0.29) is 5.84 Å². The Morgan fingerprint density at radius 3 is 2.55 bits per heavy atom. The van der Waals surface area contributed by atoms with Crippen LogP contribution in [0.15, 0.2) is 66.1 Å². The molecule has 1 heterocycles. The molecular weight excluding hydrogens is 254 g/mol. The van der Waals surface area contributed by atoms with E-state index in [2.05, 4.69) is 10.1 Å². The first-order valence-electron chi connectivity index (χ1n) is 6.00. The number of rotatable bonds is 4. The van der Waals surface area contributed by atoms with Gasteiger partial charge in [0, 0.05) is 23.8 Å². The number of pyridine rings is 1. The topological polar surface area (TPSA) is 78.8 Å². The summed E-state index contributed by atoms with van der Waals surface area (Å²) in [5.41, 5.74) is 7.26. The van der Waals surface area contributed by atoms with Crippen LogP contribution in [0.1, 0.15) is 11.1 Å². The second-order valence-electron chi connectivity index (χ2n) is 3.92. The van der Waals surface area contributed by atoms with Crippen molar-refractivity contribution in [2.75, 3.05) is 0 Å². The highest BCUT2D eigenvalue weighted by Crippen LogP contribution is 2.01. The zero-order valence-electron chi connectivity index (χ0n) is 10.7. The van der Waals surface area contributed by atoms with Gasteiger partial charge in [0.05, 0.1) is 0 Å². The van der Waals surface area contributed by atoms with Gasteiger partial charge in [0.2, 0.25) is 0 Å². The summed E-state index contributed by atoms with van der Waals surface area (Å²) < 4.78 is 0. The van der Waals surface area contributed by atoms with Crippen LogP contribution in [0.5, 0.6) is 0 Å². The number of hydrogen-bond donors (Lipinski definition) is 1. The van der Waals surface area contributed by atoms with Crippen LogP contribution in [-0.2, 0) is 9.63 Å². The maximum atomic E-state index is 11.5. The number of nitrogens with zero attached hydrogens (tertiary/aromatic N) is 1. The molecule has 0 aliphatic rings. The second-order valence-corrected chi connectivity index (χ2v) is 3.92. The highest BCUT2D eigenvalue weighted by atomic mass is 16.7. The van der Waals surface area contributed by atoms with Crippen LogP contribution < -0.4 is 10.7 Å². The van der Waals surface area contributed by atoms with Gasteiger partial charge in [-0.25, -0.2) is 9.78 Å². The lowest BCUT2D eigenvalue weighted by atomic mass is 10.2. The van der Waals surface area contributed by atoms with Gasteiger partial charge in [0.15, 0.2) is 18.2 Å². The Kier molecular flexibility index (Phi) is 4.61. The summed E-state index contributed by atoms with van der Waals surface area (Å²) in [5.74, 6) is -0.445. The third-order valence-electron chi connectivity index (χ3n) is 2.46. The fourth-order valence-electron chi connectivity index (χ4n) is 1.46. The molecule has 20 heavy (non-hydrogen) atoms. The Hall–Kier alpha value is -2.95. The summed E-state index contributed by atoms with van der Waals surface area (Å²) in [5, 5.41) is 3.59. The minimum absolute atomic E-state index is 0.139. The van der Waals surface area contributed by atoms with Crippen molar-refractivity contribution in [3.8, 4) is 0 Å². The molecule has 0 saturated heterocycles. The number of aromatic amines is 1. The smallest absolute Gasteiger partial charge is 0.358 e. The standard InChI is InChI=1S/C15H13N3O2/c16-15(13-8-10-17-11-9-13)18-20-14(19)7-6-12-4-2-1-3-5-12/h1-11H,(H2,16,18)/p+1. The van der Waals surface area contributed by atoms with E-state index in [1.54, 1.807) is 30.6 Å². The van der Waals surface area contributed by atoms with E-state index in [0.717, 1.165) is 5.56 Å². The first-order valence-corrected chi connectivity index (χ1v) is 6.00. The molecule has 0 atom stereocenters. The Bertz CT molecular complexity index is 622. The van der Waals surface area contributed by atoms with E-state index in [1.165, 1.54) is 6.08 Å². The summed E-state index contributed by atoms with van der Waals surface area (Å²) >= 11 is 0. The summed E-state index contributed by atoms with van der Waals surface area (Å²) in [4.78, 5) is 19.0. The van der Waals surface area contributed by atoms with Crippen LogP contribution in [0.4, 0.5) is 0 Å². The normalized spacial score (nSPS) is 11.5. The lowest BCUT2D eigenvalue weighted by Crippen LogP contribution is -2.16. The molecule has 0 radical (unpaired) electrons. The summed E-state index contributed by atoms with van der Waals surface area (Å²) in [6, 6.07) is 12.9. The van der Waals surface area contributed by atoms with E-state index >= 15 is 0 Å². The molecule has 0 unspecified atom stereocenters. The molecule has 0 fully saturated rings. The van der Waals surface area contributed by atoms with Gasteiger partial charge in [-0.3, -0.25) is 0 Å². The van der Waals surface area contributed by atoms with Crippen molar-refractivity contribution in [1.29, 1.82) is 0 Å². The second kappa shape index (κ2) is 6.84. The zero-order valence-corrected chi connectivity index (χ0v) is 10.7. The van der Waals surface area contributed by atoms with E-state index in [9.17, 15) is 4.79 Å². The fourth-order valence-corrected chi connectivity index (χ4v) is 1.46. The maximum absolute atomic E-state index is 11.5. The first kappa shape index (κ1) is 13.5. The lowest BCUT2D eigenvalue weighted by molar-refractivity contribution is -0.378. The van der Waals surface area contributed by atoms with Crippen molar-refractivity contribution < 1.29 is 14.6 Å².